The second-order valence-corrected chi connectivity index (χ2v) is 4.97. The molecule has 1 amide bonds. The Kier molecular flexibility index (Phi) is 5.31. The zero-order valence-electron chi connectivity index (χ0n) is 9.92. The summed E-state index contributed by atoms with van der Waals surface area (Å²) in [6, 6.07) is 1.95. The van der Waals surface area contributed by atoms with Crippen LogP contribution < -0.4 is 5.32 Å². The average Bonchev–Trinajstić information content (AvgIpc) is 2.72. The Labute approximate surface area is 110 Å². The fraction of sp³-hybridized carbons (Fsp3) is 0.583. The number of nitrogens with one attached hydrogen (secondary N) is 1. The Morgan fingerprint density at radius 3 is 2.75 bits per heavy atom. The summed E-state index contributed by atoms with van der Waals surface area (Å²) in [4.78, 5) is 12.0. The van der Waals surface area contributed by atoms with Crippen LogP contribution in [0.4, 0.5) is 0 Å². The average molecular weight is 335 g/mol. The van der Waals surface area contributed by atoms with E-state index in [0.717, 1.165) is 16.6 Å². The largest absolute Gasteiger partial charge is 0.469 e. The third-order valence-corrected chi connectivity index (χ3v) is 3.55. The first-order valence-corrected chi connectivity index (χ1v) is 7.05. The minimum Gasteiger partial charge on any atom is -0.469 e. The van der Waals surface area contributed by atoms with Gasteiger partial charge < -0.3 is 9.73 Å². The molecule has 0 bridgehead atoms. The number of alkyl halides is 1. The molecule has 90 valence electrons. The summed E-state index contributed by atoms with van der Waals surface area (Å²) < 4.78 is 6.17. The van der Waals surface area contributed by atoms with E-state index in [-0.39, 0.29) is 11.9 Å². The molecule has 1 aromatic rings. The van der Waals surface area contributed by atoms with Crippen molar-refractivity contribution in [3.8, 4) is 0 Å². The molecule has 0 spiro atoms. The number of amides is 1. The van der Waals surface area contributed by atoms with Gasteiger partial charge in [0.2, 0.25) is 0 Å². The summed E-state index contributed by atoms with van der Waals surface area (Å²) in [5, 5.41) is 3.04. The first-order chi connectivity index (χ1) is 7.60. The van der Waals surface area contributed by atoms with Crippen LogP contribution in [0.3, 0.4) is 0 Å². The number of furan rings is 1. The SMILES string of the molecule is CCc1occc1C(=O)NC(CI)C(C)C. The second kappa shape index (κ2) is 6.27. The van der Waals surface area contributed by atoms with Crippen LogP contribution in [0.25, 0.3) is 0 Å². The van der Waals surface area contributed by atoms with Gasteiger partial charge in [-0.15, -0.1) is 0 Å². The van der Waals surface area contributed by atoms with Crippen molar-refractivity contribution in [1.29, 1.82) is 0 Å². The topological polar surface area (TPSA) is 42.2 Å². The fourth-order valence-electron chi connectivity index (χ4n) is 1.45. The van der Waals surface area contributed by atoms with Gasteiger partial charge in [-0.2, -0.15) is 0 Å². The van der Waals surface area contributed by atoms with Crippen LogP contribution in [0.1, 0.15) is 36.9 Å². The maximum atomic E-state index is 12.0. The summed E-state index contributed by atoms with van der Waals surface area (Å²) in [5.74, 6) is 1.17. The predicted octanol–water partition coefficient (Wildman–Crippen LogP) is 3.03. The first-order valence-electron chi connectivity index (χ1n) is 5.53. The molecule has 0 aliphatic rings. The van der Waals surface area contributed by atoms with Gasteiger partial charge in [-0.25, -0.2) is 0 Å². The third kappa shape index (κ3) is 3.23. The van der Waals surface area contributed by atoms with Crippen molar-refractivity contribution >= 4 is 28.5 Å². The van der Waals surface area contributed by atoms with Crippen LogP contribution in [0.15, 0.2) is 16.7 Å². The minimum atomic E-state index is -0.0269. The Balaban J connectivity index is 2.71. The molecule has 0 radical (unpaired) electrons. The van der Waals surface area contributed by atoms with Gasteiger partial charge in [0.1, 0.15) is 5.76 Å². The van der Waals surface area contributed by atoms with Gasteiger partial charge in [0.05, 0.1) is 11.8 Å². The molecular weight excluding hydrogens is 317 g/mol. The van der Waals surface area contributed by atoms with Crippen LogP contribution in [-0.2, 0) is 6.42 Å². The van der Waals surface area contributed by atoms with E-state index < -0.39 is 0 Å². The molecule has 1 atom stereocenters. The molecule has 1 unspecified atom stereocenters. The molecule has 1 aromatic heterocycles. The van der Waals surface area contributed by atoms with E-state index in [4.69, 9.17) is 4.42 Å². The minimum absolute atomic E-state index is 0.0269. The van der Waals surface area contributed by atoms with Crippen LogP contribution in [0, 0.1) is 5.92 Å². The molecule has 0 saturated carbocycles. The maximum Gasteiger partial charge on any atom is 0.255 e. The Morgan fingerprint density at radius 2 is 2.25 bits per heavy atom. The normalized spacial score (nSPS) is 12.8. The first kappa shape index (κ1) is 13.5. The highest BCUT2D eigenvalue weighted by atomic mass is 127. The van der Waals surface area contributed by atoms with E-state index in [2.05, 4.69) is 41.8 Å². The van der Waals surface area contributed by atoms with Gasteiger partial charge in [0, 0.05) is 16.9 Å². The van der Waals surface area contributed by atoms with E-state index in [1.165, 1.54) is 0 Å². The maximum absolute atomic E-state index is 12.0. The fourth-order valence-corrected chi connectivity index (χ4v) is 2.68. The summed E-state index contributed by atoms with van der Waals surface area (Å²) >= 11 is 2.30. The van der Waals surface area contributed by atoms with Crippen molar-refractivity contribution in [2.24, 2.45) is 5.92 Å². The van der Waals surface area contributed by atoms with Crippen molar-refractivity contribution in [3.05, 3.63) is 23.7 Å². The van der Waals surface area contributed by atoms with E-state index in [1.807, 2.05) is 6.92 Å². The lowest BCUT2D eigenvalue weighted by Gasteiger charge is -2.19. The Morgan fingerprint density at radius 1 is 1.56 bits per heavy atom. The number of halogens is 1. The number of carbonyl (C=O) groups is 1. The quantitative estimate of drug-likeness (QED) is 0.664. The molecule has 0 aromatic carbocycles. The summed E-state index contributed by atoms with van der Waals surface area (Å²) in [5.41, 5.74) is 0.665. The van der Waals surface area contributed by atoms with Crippen molar-refractivity contribution < 1.29 is 9.21 Å². The summed E-state index contributed by atoms with van der Waals surface area (Å²) in [6.07, 6.45) is 2.31. The van der Waals surface area contributed by atoms with E-state index in [0.29, 0.717) is 11.5 Å². The smallest absolute Gasteiger partial charge is 0.255 e. The van der Waals surface area contributed by atoms with Crippen LogP contribution >= 0.6 is 22.6 Å². The molecule has 0 aliphatic heterocycles. The number of carbonyl (C=O) groups excluding carboxylic acids is 1. The monoisotopic (exact) mass is 335 g/mol. The van der Waals surface area contributed by atoms with E-state index >= 15 is 0 Å². The molecule has 4 heteroatoms. The highest BCUT2D eigenvalue weighted by Gasteiger charge is 2.18. The van der Waals surface area contributed by atoms with Gasteiger partial charge in [-0.05, 0) is 12.0 Å². The van der Waals surface area contributed by atoms with Crippen LogP contribution in [0.2, 0.25) is 0 Å². The van der Waals surface area contributed by atoms with Crippen LogP contribution in [-0.4, -0.2) is 16.4 Å². The van der Waals surface area contributed by atoms with Crippen molar-refractivity contribution in [2.45, 2.75) is 33.2 Å². The number of aryl methyl sites for hydroxylation is 1. The molecule has 1 heterocycles. The number of hydrogen-bond donors (Lipinski definition) is 1. The zero-order valence-corrected chi connectivity index (χ0v) is 12.1. The summed E-state index contributed by atoms with van der Waals surface area (Å²) in [7, 11) is 0. The predicted molar refractivity (Wildman–Crippen MR) is 73.1 cm³/mol. The molecule has 0 aliphatic carbocycles. The molecule has 16 heavy (non-hydrogen) atoms. The van der Waals surface area contributed by atoms with Crippen molar-refractivity contribution in [1.82, 2.24) is 5.32 Å². The highest BCUT2D eigenvalue weighted by molar-refractivity contribution is 14.1. The molecule has 0 saturated heterocycles. The van der Waals surface area contributed by atoms with Gasteiger partial charge in [0.15, 0.2) is 0 Å². The van der Waals surface area contributed by atoms with Gasteiger partial charge in [-0.3, -0.25) is 4.79 Å². The highest BCUT2D eigenvalue weighted by Crippen LogP contribution is 2.13. The molecule has 1 N–H and O–H groups in total. The molecular formula is C12H18INO2. The second-order valence-electron chi connectivity index (χ2n) is 4.09. The van der Waals surface area contributed by atoms with Gasteiger partial charge >= 0.3 is 0 Å². The summed E-state index contributed by atoms with van der Waals surface area (Å²) in [6.45, 7) is 6.20. The number of hydrogen-bond acceptors (Lipinski definition) is 2. The standard InChI is InChI=1S/C12H18INO2/c1-4-11-9(5-6-16-11)12(15)14-10(7-13)8(2)3/h5-6,8,10H,4,7H2,1-3H3,(H,14,15). The third-order valence-electron chi connectivity index (χ3n) is 2.60. The lowest BCUT2D eigenvalue weighted by Crippen LogP contribution is -2.39. The lowest BCUT2D eigenvalue weighted by atomic mass is 10.1. The van der Waals surface area contributed by atoms with Gasteiger partial charge in [-0.1, -0.05) is 43.4 Å². The van der Waals surface area contributed by atoms with Gasteiger partial charge in [0.25, 0.3) is 5.91 Å². The molecule has 3 nitrogen and oxygen atoms in total. The van der Waals surface area contributed by atoms with E-state index in [9.17, 15) is 4.79 Å². The van der Waals surface area contributed by atoms with Crippen LogP contribution in [0.5, 0.6) is 0 Å². The zero-order chi connectivity index (χ0) is 12.1. The Hall–Kier alpha value is -0.520. The number of rotatable bonds is 5. The van der Waals surface area contributed by atoms with E-state index in [1.54, 1.807) is 12.3 Å². The molecule has 1 rings (SSSR count). The Bertz CT molecular complexity index is 347. The lowest BCUT2D eigenvalue weighted by molar-refractivity contribution is 0.0930. The van der Waals surface area contributed by atoms with Crippen molar-refractivity contribution in [2.75, 3.05) is 4.43 Å². The molecule has 0 fully saturated rings. The van der Waals surface area contributed by atoms with Crippen molar-refractivity contribution in [3.63, 3.8) is 0 Å².